The minimum atomic E-state index is -0.804. The van der Waals surface area contributed by atoms with E-state index >= 15 is 0 Å². The topological polar surface area (TPSA) is 92.3 Å². The van der Waals surface area contributed by atoms with Crippen molar-refractivity contribution in [2.75, 3.05) is 6.61 Å². The van der Waals surface area contributed by atoms with E-state index in [4.69, 9.17) is 4.74 Å². The number of nitrogens with zero attached hydrogens (tertiary/aromatic N) is 1. The van der Waals surface area contributed by atoms with Crippen LogP contribution in [0.3, 0.4) is 0 Å². The Kier molecular flexibility index (Phi) is 3.55. The first-order valence-electron chi connectivity index (χ1n) is 5.28. The van der Waals surface area contributed by atoms with E-state index in [0.29, 0.717) is 5.82 Å². The normalized spacial score (nSPS) is 11.3. The summed E-state index contributed by atoms with van der Waals surface area (Å²) in [4.78, 5) is 29.3. The van der Waals surface area contributed by atoms with Crippen LogP contribution >= 0.6 is 0 Å². The Bertz CT molecular complexity index is 485. The summed E-state index contributed by atoms with van der Waals surface area (Å²) in [5.41, 5.74) is -1.53. The summed E-state index contributed by atoms with van der Waals surface area (Å²) in [5.74, 6) is -1.19. The molecule has 0 aromatic carbocycles. The maximum absolute atomic E-state index is 11.5. The summed E-state index contributed by atoms with van der Waals surface area (Å²) >= 11 is 0. The fraction of sp³-hybridized carbons (Fsp3) is 0.545. The first-order chi connectivity index (χ1) is 7.77. The zero-order valence-corrected chi connectivity index (χ0v) is 10.3. The van der Waals surface area contributed by atoms with Crippen molar-refractivity contribution in [2.45, 2.75) is 33.1 Å². The van der Waals surface area contributed by atoms with Gasteiger partial charge in [0, 0.05) is 5.41 Å². The number of nitrogens with one attached hydrogen (secondary N) is 1. The second-order valence-electron chi connectivity index (χ2n) is 4.58. The van der Waals surface area contributed by atoms with Crippen LogP contribution in [0.5, 0.6) is 5.75 Å². The molecule has 0 atom stereocenters. The number of aromatic amines is 1. The number of carbonyl (C=O) groups excluding carboxylic acids is 1. The van der Waals surface area contributed by atoms with Crippen molar-refractivity contribution in [2.24, 2.45) is 0 Å². The molecule has 1 aromatic heterocycles. The third-order valence-electron chi connectivity index (χ3n) is 2.07. The van der Waals surface area contributed by atoms with Crippen LogP contribution in [0.4, 0.5) is 0 Å². The average molecular weight is 240 g/mol. The Morgan fingerprint density at radius 1 is 1.47 bits per heavy atom. The van der Waals surface area contributed by atoms with Gasteiger partial charge in [0.1, 0.15) is 5.82 Å². The number of aromatic hydroxyl groups is 1. The number of aromatic nitrogens is 2. The number of H-pyrrole nitrogens is 1. The first kappa shape index (κ1) is 13.2. The summed E-state index contributed by atoms with van der Waals surface area (Å²) in [6.07, 6.45) is 0. The Morgan fingerprint density at radius 2 is 2.06 bits per heavy atom. The van der Waals surface area contributed by atoms with Gasteiger partial charge in [-0.25, -0.2) is 9.78 Å². The molecule has 1 rings (SSSR count). The molecule has 0 saturated carbocycles. The van der Waals surface area contributed by atoms with E-state index in [-0.39, 0.29) is 12.3 Å². The summed E-state index contributed by atoms with van der Waals surface area (Å²) in [5, 5.41) is 9.48. The van der Waals surface area contributed by atoms with Crippen LogP contribution < -0.4 is 5.56 Å². The minimum Gasteiger partial charge on any atom is -0.501 e. The van der Waals surface area contributed by atoms with Gasteiger partial charge in [-0.05, 0) is 6.92 Å². The van der Waals surface area contributed by atoms with E-state index in [2.05, 4.69) is 9.97 Å². The highest BCUT2D eigenvalue weighted by molar-refractivity contribution is 5.89. The molecule has 0 saturated heterocycles. The van der Waals surface area contributed by atoms with E-state index < -0.39 is 22.7 Å². The molecule has 2 N–H and O–H groups in total. The second kappa shape index (κ2) is 4.57. The van der Waals surface area contributed by atoms with Crippen LogP contribution in [-0.4, -0.2) is 27.7 Å². The van der Waals surface area contributed by atoms with Crippen LogP contribution in [0.1, 0.15) is 44.0 Å². The largest absolute Gasteiger partial charge is 0.501 e. The average Bonchev–Trinajstić information content (AvgIpc) is 2.20. The smallest absolute Gasteiger partial charge is 0.361 e. The van der Waals surface area contributed by atoms with Crippen molar-refractivity contribution in [1.29, 1.82) is 0 Å². The molecule has 0 aliphatic carbocycles. The van der Waals surface area contributed by atoms with E-state index in [1.165, 1.54) is 0 Å². The Morgan fingerprint density at radius 3 is 2.53 bits per heavy atom. The Hall–Kier alpha value is -1.85. The van der Waals surface area contributed by atoms with E-state index in [1.807, 2.05) is 20.8 Å². The summed E-state index contributed by atoms with van der Waals surface area (Å²) in [6.45, 7) is 7.27. The van der Waals surface area contributed by atoms with Gasteiger partial charge < -0.3 is 14.8 Å². The summed E-state index contributed by atoms with van der Waals surface area (Å²) in [7, 11) is 0. The van der Waals surface area contributed by atoms with Crippen molar-refractivity contribution < 1.29 is 14.6 Å². The lowest BCUT2D eigenvalue weighted by Crippen LogP contribution is -2.25. The predicted octanol–water partition coefficient (Wildman–Crippen LogP) is 0.950. The van der Waals surface area contributed by atoms with Gasteiger partial charge in [0.05, 0.1) is 6.61 Å². The molecule has 0 fully saturated rings. The number of ether oxygens (including phenoxy) is 1. The lowest BCUT2D eigenvalue weighted by Gasteiger charge is -2.17. The highest BCUT2D eigenvalue weighted by atomic mass is 16.5. The lowest BCUT2D eigenvalue weighted by atomic mass is 9.95. The van der Waals surface area contributed by atoms with E-state index in [9.17, 15) is 14.7 Å². The molecule has 94 valence electrons. The zero-order chi connectivity index (χ0) is 13.2. The highest BCUT2D eigenvalue weighted by Crippen LogP contribution is 2.19. The predicted molar refractivity (Wildman–Crippen MR) is 61.2 cm³/mol. The Balaban J connectivity index is 3.35. The fourth-order valence-corrected chi connectivity index (χ4v) is 1.16. The molecular formula is C11H16N2O4. The SMILES string of the molecule is CCOC(=O)c1nc(C(C)(C)C)[nH]c(=O)c1O. The molecule has 0 spiro atoms. The molecular weight excluding hydrogens is 224 g/mol. The van der Waals surface area contributed by atoms with Crippen LogP contribution in [0.25, 0.3) is 0 Å². The van der Waals surface area contributed by atoms with Crippen molar-refractivity contribution in [3.05, 3.63) is 21.9 Å². The fourth-order valence-electron chi connectivity index (χ4n) is 1.16. The standard InChI is InChI=1S/C11H16N2O4/c1-5-17-9(16)6-7(14)8(15)13-10(12-6)11(2,3)4/h14H,5H2,1-4H3,(H,12,13,15). The molecule has 1 heterocycles. The van der Waals surface area contributed by atoms with Gasteiger partial charge in [-0.15, -0.1) is 0 Å². The van der Waals surface area contributed by atoms with Gasteiger partial charge in [-0.2, -0.15) is 0 Å². The van der Waals surface area contributed by atoms with Crippen LogP contribution in [-0.2, 0) is 10.2 Å². The number of hydrogen-bond acceptors (Lipinski definition) is 5. The third-order valence-corrected chi connectivity index (χ3v) is 2.07. The van der Waals surface area contributed by atoms with Crippen molar-refractivity contribution in [3.63, 3.8) is 0 Å². The van der Waals surface area contributed by atoms with Gasteiger partial charge in [-0.3, -0.25) is 4.79 Å². The molecule has 0 unspecified atom stereocenters. The van der Waals surface area contributed by atoms with Gasteiger partial charge in [0.25, 0.3) is 5.56 Å². The molecule has 6 heteroatoms. The van der Waals surface area contributed by atoms with Crippen molar-refractivity contribution in [3.8, 4) is 5.75 Å². The van der Waals surface area contributed by atoms with Crippen LogP contribution in [0.15, 0.2) is 4.79 Å². The Labute approximate surface area is 98.7 Å². The third kappa shape index (κ3) is 2.83. The van der Waals surface area contributed by atoms with Gasteiger partial charge >= 0.3 is 5.97 Å². The molecule has 1 aromatic rings. The minimum absolute atomic E-state index is 0.150. The number of rotatable bonds is 2. The molecule has 0 bridgehead atoms. The summed E-state index contributed by atoms with van der Waals surface area (Å²) < 4.78 is 4.72. The van der Waals surface area contributed by atoms with E-state index in [0.717, 1.165) is 0 Å². The number of esters is 1. The van der Waals surface area contributed by atoms with Crippen molar-refractivity contribution >= 4 is 5.97 Å². The maximum Gasteiger partial charge on any atom is 0.361 e. The quantitative estimate of drug-likeness (QED) is 0.751. The van der Waals surface area contributed by atoms with Crippen LogP contribution in [0.2, 0.25) is 0 Å². The first-order valence-corrected chi connectivity index (χ1v) is 5.28. The molecule has 17 heavy (non-hydrogen) atoms. The molecule has 0 amide bonds. The van der Waals surface area contributed by atoms with Crippen LogP contribution in [0, 0.1) is 0 Å². The maximum atomic E-state index is 11.5. The molecule has 6 nitrogen and oxygen atoms in total. The second-order valence-corrected chi connectivity index (χ2v) is 4.58. The van der Waals surface area contributed by atoms with Crippen molar-refractivity contribution in [1.82, 2.24) is 9.97 Å². The highest BCUT2D eigenvalue weighted by Gasteiger charge is 2.24. The number of hydrogen-bond donors (Lipinski definition) is 2. The van der Waals surface area contributed by atoms with E-state index in [1.54, 1.807) is 6.92 Å². The lowest BCUT2D eigenvalue weighted by molar-refractivity contribution is 0.0514. The van der Waals surface area contributed by atoms with Gasteiger partial charge in [-0.1, -0.05) is 20.8 Å². The van der Waals surface area contributed by atoms with Gasteiger partial charge in [0.15, 0.2) is 5.69 Å². The molecule has 0 radical (unpaired) electrons. The monoisotopic (exact) mass is 240 g/mol. The molecule has 0 aliphatic rings. The summed E-state index contributed by atoms with van der Waals surface area (Å²) in [6, 6.07) is 0. The van der Waals surface area contributed by atoms with Gasteiger partial charge in [0.2, 0.25) is 5.75 Å². The zero-order valence-electron chi connectivity index (χ0n) is 10.3. The number of carbonyl (C=O) groups is 1. The molecule has 0 aliphatic heterocycles.